The van der Waals surface area contributed by atoms with Gasteiger partial charge in [-0.3, -0.25) is 0 Å². The van der Waals surface area contributed by atoms with E-state index < -0.39 is 5.97 Å². The number of esters is 1. The zero-order valence-corrected chi connectivity index (χ0v) is 15.2. The summed E-state index contributed by atoms with van der Waals surface area (Å²) in [4.78, 5) is 17.5. The molecule has 2 aromatic rings. The second-order valence-electron chi connectivity index (χ2n) is 5.33. The molecule has 0 saturated carbocycles. The average molecular weight is 357 g/mol. The van der Waals surface area contributed by atoms with Crippen LogP contribution < -0.4 is 9.47 Å². The molecule has 6 heteroatoms. The van der Waals surface area contributed by atoms with Gasteiger partial charge >= 0.3 is 5.97 Å². The monoisotopic (exact) mass is 357 g/mol. The van der Waals surface area contributed by atoms with Crippen molar-refractivity contribution in [1.29, 1.82) is 0 Å². The van der Waals surface area contributed by atoms with E-state index in [0.717, 1.165) is 10.4 Å². The van der Waals surface area contributed by atoms with E-state index in [4.69, 9.17) is 14.2 Å². The molecule has 2 heterocycles. The average Bonchev–Trinajstić information content (AvgIpc) is 3.16. The highest BCUT2D eigenvalue weighted by molar-refractivity contribution is 7.11. The van der Waals surface area contributed by atoms with Crippen molar-refractivity contribution >= 4 is 29.3 Å². The number of aryl methyl sites for hydroxylation is 1. The van der Waals surface area contributed by atoms with Crippen molar-refractivity contribution in [3.63, 3.8) is 0 Å². The van der Waals surface area contributed by atoms with Crippen LogP contribution in [0, 0.1) is 6.92 Å². The third-order valence-electron chi connectivity index (χ3n) is 3.58. The smallest absolute Gasteiger partial charge is 0.363 e. The minimum Gasteiger partial charge on any atom is -0.490 e. The van der Waals surface area contributed by atoms with Gasteiger partial charge in [-0.2, -0.15) is 0 Å². The SMILES string of the molecule is CCOc1ccc(C2=N/C(=C\c3sccc3C)C(=O)O2)cc1OCC. The minimum atomic E-state index is -0.449. The fourth-order valence-electron chi connectivity index (χ4n) is 2.37. The Bertz CT molecular complexity index is 851. The van der Waals surface area contributed by atoms with Crippen molar-refractivity contribution in [3.05, 3.63) is 51.3 Å². The molecule has 0 saturated heterocycles. The number of hydrogen-bond acceptors (Lipinski definition) is 6. The first-order valence-electron chi connectivity index (χ1n) is 8.09. The van der Waals surface area contributed by atoms with Crippen LogP contribution in [-0.4, -0.2) is 25.1 Å². The fraction of sp³-hybridized carbons (Fsp3) is 0.263. The van der Waals surface area contributed by atoms with E-state index in [2.05, 4.69) is 4.99 Å². The number of benzene rings is 1. The van der Waals surface area contributed by atoms with Crippen LogP contribution in [0.2, 0.25) is 0 Å². The summed E-state index contributed by atoms with van der Waals surface area (Å²) in [6, 6.07) is 7.38. The number of cyclic esters (lactones) is 1. The van der Waals surface area contributed by atoms with Crippen molar-refractivity contribution < 1.29 is 19.0 Å². The molecule has 1 aliphatic rings. The lowest BCUT2D eigenvalue weighted by molar-refractivity contribution is -0.129. The van der Waals surface area contributed by atoms with Crippen LogP contribution >= 0.6 is 11.3 Å². The topological polar surface area (TPSA) is 57.1 Å². The molecule has 0 amide bonds. The van der Waals surface area contributed by atoms with Gasteiger partial charge in [0.1, 0.15) is 0 Å². The molecular formula is C19H19NO4S. The van der Waals surface area contributed by atoms with Crippen molar-refractivity contribution in [2.45, 2.75) is 20.8 Å². The molecule has 0 radical (unpaired) electrons. The van der Waals surface area contributed by atoms with E-state index in [1.54, 1.807) is 35.6 Å². The van der Waals surface area contributed by atoms with Gasteiger partial charge in [-0.25, -0.2) is 9.79 Å². The second-order valence-corrected chi connectivity index (χ2v) is 6.28. The number of rotatable bonds is 6. The van der Waals surface area contributed by atoms with Gasteiger partial charge in [-0.1, -0.05) is 0 Å². The standard InChI is InChI=1S/C19H19NO4S/c1-4-22-15-7-6-13(10-16(15)23-5-2)18-20-14(19(21)24-18)11-17-12(3)8-9-25-17/h6-11H,4-5H2,1-3H3/b14-11-. The molecule has 5 nitrogen and oxygen atoms in total. The lowest BCUT2D eigenvalue weighted by atomic mass is 10.2. The third kappa shape index (κ3) is 3.74. The van der Waals surface area contributed by atoms with E-state index >= 15 is 0 Å². The molecule has 0 aliphatic carbocycles. The number of thiophene rings is 1. The van der Waals surface area contributed by atoms with E-state index in [1.807, 2.05) is 32.2 Å². The lowest BCUT2D eigenvalue weighted by Gasteiger charge is -2.11. The first-order valence-corrected chi connectivity index (χ1v) is 8.97. The molecular weight excluding hydrogens is 338 g/mol. The van der Waals surface area contributed by atoms with Crippen LogP contribution in [0.25, 0.3) is 6.08 Å². The summed E-state index contributed by atoms with van der Waals surface area (Å²) in [7, 11) is 0. The molecule has 0 spiro atoms. The van der Waals surface area contributed by atoms with Gasteiger partial charge in [-0.05, 0) is 62.1 Å². The molecule has 1 aromatic heterocycles. The summed E-state index contributed by atoms with van der Waals surface area (Å²) in [5.41, 5.74) is 2.08. The number of carbonyl (C=O) groups is 1. The van der Waals surface area contributed by atoms with E-state index in [0.29, 0.717) is 36.0 Å². The number of nitrogens with zero attached hydrogens (tertiary/aromatic N) is 1. The van der Waals surface area contributed by atoms with Gasteiger partial charge in [0, 0.05) is 10.4 Å². The van der Waals surface area contributed by atoms with E-state index in [1.165, 1.54) is 0 Å². The number of ether oxygens (including phenoxy) is 3. The van der Waals surface area contributed by atoms with Gasteiger partial charge in [0.2, 0.25) is 5.90 Å². The molecule has 1 aliphatic heterocycles. The summed E-state index contributed by atoms with van der Waals surface area (Å²) >= 11 is 1.56. The molecule has 1 aromatic carbocycles. The Morgan fingerprint density at radius 3 is 2.60 bits per heavy atom. The van der Waals surface area contributed by atoms with Crippen molar-refractivity contribution in [1.82, 2.24) is 0 Å². The molecule has 130 valence electrons. The molecule has 0 atom stereocenters. The predicted octanol–water partition coefficient (Wildman–Crippen LogP) is 4.20. The second kappa shape index (κ2) is 7.53. The summed E-state index contributed by atoms with van der Waals surface area (Å²) in [5.74, 6) is 1.08. The zero-order valence-electron chi connectivity index (χ0n) is 14.4. The lowest BCUT2D eigenvalue weighted by Crippen LogP contribution is -2.06. The van der Waals surface area contributed by atoms with Crippen LogP contribution in [0.5, 0.6) is 11.5 Å². The van der Waals surface area contributed by atoms with Crippen molar-refractivity contribution in [3.8, 4) is 11.5 Å². The summed E-state index contributed by atoms with van der Waals surface area (Å²) < 4.78 is 16.5. The number of carbonyl (C=O) groups excluding carboxylic acids is 1. The molecule has 3 rings (SSSR count). The van der Waals surface area contributed by atoms with Crippen LogP contribution in [0.3, 0.4) is 0 Å². The summed E-state index contributed by atoms with van der Waals surface area (Å²) in [6.07, 6.45) is 1.76. The maximum atomic E-state index is 12.1. The van der Waals surface area contributed by atoms with Gasteiger partial charge in [0.05, 0.1) is 13.2 Å². The van der Waals surface area contributed by atoms with E-state index in [9.17, 15) is 4.79 Å². The van der Waals surface area contributed by atoms with Gasteiger partial charge in [0.25, 0.3) is 0 Å². The van der Waals surface area contributed by atoms with Crippen LogP contribution in [0.1, 0.15) is 29.9 Å². The Hall–Kier alpha value is -2.60. The summed E-state index contributed by atoms with van der Waals surface area (Å²) in [6.45, 7) is 6.87. The minimum absolute atomic E-state index is 0.273. The van der Waals surface area contributed by atoms with Crippen molar-refractivity contribution in [2.75, 3.05) is 13.2 Å². The highest BCUT2D eigenvalue weighted by Crippen LogP contribution is 2.30. The fourth-order valence-corrected chi connectivity index (χ4v) is 3.23. The number of aliphatic imine (C=N–C) groups is 1. The maximum absolute atomic E-state index is 12.1. The highest BCUT2D eigenvalue weighted by Gasteiger charge is 2.25. The molecule has 0 unspecified atom stereocenters. The van der Waals surface area contributed by atoms with Gasteiger partial charge in [-0.15, -0.1) is 11.3 Å². The first-order chi connectivity index (χ1) is 12.1. The van der Waals surface area contributed by atoms with Gasteiger partial charge in [0.15, 0.2) is 17.2 Å². The Morgan fingerprint density at radius 2 is 1.92 bits per heavy atom. The highest BCUT2D eigenvalue weighted by atomic mass is 32.1. The Kier molecular flexibility index (Phi) is 5.19. The molecule has 25 heavy (non-hydrogen) atoms. The molecule has 0 fully saturated rings. The Morgan fingerprint density at radius 1 is 1.16 bits per heavy atom. The predicted molar refractivity (Wildman–Crippen MR) is 98.4 cm³/mol. The van der Waals surface area contributed by atoms with Crippen LogP contribution in [-0.2, 0) is 9.53 Å². The van der Waals surface area contributed by atoms with Gasteiger partial charge < -0.3 is 14.2 Å². The summed E-state index contributed by atoms with van der Waals surface area (Å²) in [5, 5.41) is 1.98. The van der Waals surface area contributed by atoms with E-state index in [-0.39, 0.29) is 5.90 Å². The Balaban J connectivity index is 1.92. The third-order valence-corrected chi connectivity index (χ3v) is 4.55. The largest absolute Gasteiger partial charge is 0.490 e. The first kappa shape index (κ1) is 17.2. The maximum Gasteiger partial charge on any atom is 0.363 e. The molecule has 0 bridgehead atoms. The van der Waals surface area contributed by atoms with Crippen molar-refractivity contribution in [2.24, 2.45) is 4.99 Å². The Labute approximate surface area is 150 Å². The quantitative estimate of drug-likeness (QED) is 0.574. The van der Waals surface area contributed by atoms with Crippen LogP contribution in [0.15, 0.2) is 40.3 Å². The number of hydrogen-bond donors (Lipinski definition) is 0. The normalized spacial score (nSPS) is 15.2. The zero-order chi connectivity index (χ0) is 17.8. The van der Waals surface area contributed by atoms with Crippen LogP contribution in [0.4, 0.5) is 0 Å². The molecule has 0 N–H and O–H groups in total.